The Kier molecular flexibility index (Phi) is 4.65. The minimum absolute atomic E-state index is 0.0537. The van der Waals surface area contributed by atoms with Gasteiger partial charge in [0.1, 0.15) is 6.04 Å². The molecule has 1 N–H and O–H groups in total. The molecule has 1 aromatic carbocycles. The van der Waals surface area contributed by atoms with Crippen LogP contribution in [0.15, 0.2) is 18.2 Å². The SMILES string of the molecule is CC1CCN(C(=O)c2ccc([N+](=O)[O-])cc2Cl)C(C(=O)O)C1. The minimum Gasteiger partial charge on any atom is -0.480 e. The summed E-state index contributed by atoms with van der Waals surface area (Å²) in [5.41, 5.74) is -0.142. The van der Waals surface area contributed by atoms with Crippen LogP contribution in [0.1, 0.15) is 30.1 Å². The van der Waals surface area contributed by atoms with Crippen molar-refractivity contribution in [2.24, 2.45) is 5.92 Å². The van der Waals surface area contributed by atoms with Gasteiger partial charge in [-0.05, 0) is 24.8 Å². The van der Waals surface area contributed by atoms with Crippen molar-refractivity contribution in [1.82, 2.24) is 4.90 Å². The third-order valence-electron chi connectivity index (χ3n) is 3.80. The maximum absolute atomic E-state index is 12.5. The molecule has 2 rings (SSSR count). The molecule has 1 aliphatic rings. The summed E-state index contributed by atoms with van der Waals surface area (Å²) < 4.78 is 0. The molecular weight excluding hydrogens is 312 g/mol. The van der Waals surface area contributed by atoms with E-state index < -0.39 is 22.8 Å². The molecule has 0 saturated carbocycles. The summed E-state index contributed by atoms with van der Waals surface area (Å²) >= 11 is 5.94. The number of carbonyl (C=O) groups excluding carboxylic acids is 1. The first-order chi connectivity index (χ1) is 10.3. The number of piperidine rings is 1. The molecule has 1 heterocycles. The standard InChI is InChI=1S/C14H15ClN2O5/c1-8-4-5-16(12(6-8)14(19)20)13(18)10-3-2-9(17(21)22)7-11(10)15/h2-3,7-8,12H,4-6H2,1H3,(H,19,20). The molecule has 0 aromatic heterocycles. The molecule has 1 aromatic rings. The zero-order valence-electron chi connectivity index (χ0n) is 11.9. The van der Waals surface area contributed by atoms with Gasteiger partial charge in [0.2, 0.25) is 0 Å². The van der Waals surface area contributed by atoms with E-state index in [1.165, 1.54) is 17.0 Å². The Labute approximate surface area is 131 Å². The third-order valence-corrected chi connectivity index (χ3v) is 4.12. The average Bonchev–Trinajstić information content (AvgIpc) is 2.46. The highest BCUT2D eigenvalue weighted by Gasteiger charge is 2.35. The number of hydrogen-bond acceptors (Lipinski definition) is 4. The molecule has 1 fully saturated rings. The molecule has 7 nitrogen and oxygen atoms in total. The predicted octanol–water partition coefficient (Wildman–Crippen LogP) is 2.57. The Hall–Kier alpha value is -2.15. The second-order valence-corrected chi connectivity index (χ2v) is 5.81. The largest absolute Gasteiger partial charge is 0.480 e. The number of nitro benzene ring substituents is 1. The molecular formula is C14H15ClN2O5. The molecule has 0 bridgehead atoms. The Morgan fingerprint density at radius 2 is 2.14 bits per heavy atom. The zero-order valence-corrected chi connectivity index (χ0v) is 12.6. The third kappa shape index (κ3) is 3.19. The van der Waals surface area contributed by atoms with Crippen molar-refractivity contribution in [2.45, 2.75) is 25.8 Å². The first kappa shape index (κ1) is 16.2. The number of carbonyl (C=O) groups is 2. The van der Waals surface area contributed by atoms with Gasteiger partial charge in [0, 0.05) is 18.7 Å². The number of aliphatic carboxylic acids is 1. The number of non-ortho nitro benzene ring substituents is 1. The lowest BCUT2D eigenvalue weighted by Crippen LogP contribution is -2.49. The summed E-state index contributed by atoms with van der Waals surface area (Å²) in [4.78, 5) is 35.2. The Morgan fingerprint density at radius 3 is 2.68 bits per heavy atom. The number of benzene rings is 1. The van der Waals surface area contributed by atoms with Crippen LogP contribution in [0.3, 0.4) is 0 Å². The molecule has 22 heavy (non-hydrogen) atoms. The van der Waals surface area contributed by atoms with Crippen LogP contribution in [-0.4, -0.2) is 39.4 Å². The van der Waals surface area contributed by atoms with E-state index in [2.05, 4.69) is 0 Å². The molecule has 118 valence electrons. The van der Waals surface area contributed by atoms with Gasteiger partial charge in [-0.25, -0.2) is 4.79 Å². The number of amides is 1. The van der Waals surface area contributed by atoms with Gasteiger partial charge in [-0.15, -0.1) is 0 Å². The number of nitro groups is 1. The normalized spacial score (nSPS) is 21.5. The van der Waals surface area contributed by atoms with Gasteiger partial charge in [0.15, 0.2) is 0 Å². The highest BCUT2D eigenvalue weighted by Crippen LogP contribution is 2.28. The second kappa shape index (κ2) is 6.31. The van der Waals surface area contributed by atoms with Crippen molar-refractivity contribution in [3.63, 3.8) is 0 Å². The van der Waals surface area contributed by atoms with Gasteiger partial charge in [0.05, 0.1) is 15.5 Å². The zero-order chi connectivity index (χ0) is 16.4. The molecule has 0 radical (unpaired) electrons. The number of rotatable bonds is 3. The Bertz CT molecular complexity index is 634. The van der Waals surface area contributed by atoms with Crippen LogP contribution in [0.5, 0.6) is 0 Å². The van der Waals surface area contributed by atoms with E-state index in [4.69, 9.17) is 11.6 Å². The Balaban J connectivity index is 2.30. The van der Waals surface area contributed by atoms with Crippen LogP contribution in [0, 0.1) is 16.0 Å². The molecule has 0 spiro atoms. The van der Waals surface area contributed by atoms with Crippen LogP contribution in [-0.2, 0) is 4.79 Å². The highest BCUT2D eigenvalue weighted by atomic mass is 35.5. The van der Waals surface area contributed by atoms with Gasteiger partial charge in [-0.2, -0.15) is 0 Å². The van der Waals surface area contributed by atoms with E-state index in [-0.39, 0.29) is 22.2 Å². The van der Waals surface area contributed by atoms with Gasteiger partial charge >= 0.3 is 5.97 Å². The number of hydrogen-bond donors (Lipinski definition) is 1. The van der Waals surface area contributed by atoms with Gasteiger partial charge in [-0.3, -0.25) is 14.9 Å². The molecule has 0 aliphatic carbocycles. The van der Waals surface area contributed by atoms with E-state index >= 15 is 0 Å². The van der Waals surface area contributed by atoms with Crippen LogP contribution in [0.2, 0.25) is 5.02 Å². The lowest BCUT2D eigenvalue weighted by molar-refractivity contribution is -0.384. The molecule has 1 saturated heterocycles. The van der Waals surface area contributed by atoms with Crippen LogP contribution >= 0.6 is 11.6 Å². The number of likely N-dealkylation sites (tertiary alicyclic amines) is 1. The first-order valence-corrected chi connectivity index (χ1v) is 7.16. The van der Waals surface area contributed by atoms with Gasteiger partial charge in [-0.1, -0.05) is 18.5 Å². The monoisotopic (exact) mass is 326 g/mol. The van der Waals surface area contributed by atoms with Crippen LogP contribution < -0.4 is 0 Å². The van der Waals surface area contributed by atoms with Crippen LogP contribution in [0.25, 0.3) is 0 Å². The summed E-state index contributed by atoms with van der Waals surface area (Å²) in [6.07, 6.45) is 1.09. The lowest BCUT2D eigenvalue weighted by Gasteiger charge is -2.36. The summed E-state index contributed by atoms with van der Waals surface area (Å²) in [7, 11) is 0. The fourth-order valence-electron chi connectivity index (χ4n) is 2.56. The fourth-order valence-corrected chi connectivity index (χ4v) is 2.82. The van der Waals surface area contributed by atoms with E-state index in [1.54, 1.807) is 0 Å². The van der Waals surface area contributed by atoms with Crippen molar-refractivity contribution in [1.29, 1.82) is 0 Å². The smallest absolute Gasteiger partial charge is 0.326 e. The second-order valence-electron chi connectivity index (χ2n) is 5.40. The summed E-state index contributed by atoms with van der Waals surface area (Å²) in [6.45, 7) is 2.26. The van der Waals surface area contributed by atoms with Gasteiger partial charge < -0.3 is 10.0 Å². The highest BCUT2D eigenvalue weighted by molar-refractivity contribution is 6.34. The molecule has 1 amide bonds. The maximum Gasteiger partial charge on any atom is 0.326 e. The maximum atomic E-state index is 12.5. The van der Waals surface area contributed by atoms with Crippen molar-refractivity contribution in [3.05, 3.63) is 38.9 Å². The van der Waals surface area contributed by atoms with Crippen LogP contribution in [0.4, 0.5) is 5.69 Å². The van der Waals surface area contributed by atoms with E-state index in [0.717, 1.165) is 6.07 Å². The van der Waals surface area contributed by atoms with Gasteiger partial charge in [0.25, 0.3) is 11.6 Å². The van der Waals surface area contributed by atoms with E-state index in [9.17, 15) is 24.8 Å². The number of carboxylic acids is 1. The van der Waals surface area contributed by atoms with Crippen molar-refractivity contribution in [2.75, 3.05) is 6.54 Å². The van der Waals surface area contributed by atoms with Crippen molar-refractivity contribution >= 4 is 29.2 Å². The molecule has 1 aliphatic heterocycles. The summed E-state index contributed by atoms with van der Waals surface area (Å²) in [5.74, 6) is -1.35. The first-order valence-electron chi connectivity index (χ1n) is 6.79. The quantitative estimate of drug-likeness (QED) is 0.679. The minimum atomic E-state index is -1.06. The summed E-state index contributed by atoms with van der Waals surface area (Å²) in [6, 6.07) is 2.64. The topological polar surface area (TPSA) is 101 Å². The lowest BCUT2D eigenvalue weighted by atomic mass is 9.92. The number of nitrogens with zero attached hydrogens (tertiary/aromatic N) is 2. The number of carboxylic acid groups (broad SMARTS) is 1. The van der Waals surface area contributed by atoms with Crippen molar-refractivity contribution < 1.29 is 19.6 Å². The van der Waals surface area contributed by atoms with Crippen molar-refractivity contribution in [3.8, 4) is 0 Å². The fraction of sp³-hybridized carbons (Fsp3) is 0.429. The van der Waals surface area contributed by atoms with E-state index in [1.807, 2.05) is 6.92 Å². The predicted molar refractivity (Wildman–Crippen MR) is 79.0 cm³/mol. The molecule has 8 heteroatoms. The Morgan fingerprint density at radius 1 is 1.45 bits per heavy atom. The van der Waals surface area contributed by atoms with E-state index in [0.29, 0.717) is 19.4 Å². The molecule has 2 unspecified atom stereocenters. The molecule has 2 atom stereocenters. The summed E-state index contributed by atoms with van der Waals surface area (Å²) in [5, 5.41) is 19.9. The number of halogens is 1. The average molecular weight is 327 g/mol.